The Morgan fingerprint density at radius 3 is 3.08 bits per heavy atom. The molecule has 1 rings (SSSR count). The Morgan fingerprint density at radius 2 is 2.62 bits per heavy atom. The molecule has 0 radical (unpaired) electrons. The van der Waals surface area contributed by atoms with E-state index in [1.165, 1.54) is 0 Å². The zero-order valence-electron chi connectivity index (χ0n) is 7.03. The molecule has 0 bridgehead atoms. The van der Waals surface area contributed by atoms with Gasteiger partial charge in [0.25, 0.3) is 0 Å². The molecule has 4 heteroatoms. The van der Waals surface area contributed by atoms with Crippen LogP contribution in [0, 0.1) is 22.2 Å². The van der Waals surface area contributed by atoms with Gasteiger partial charge in [-0.05, 0) is 30.4 Å². The fourth-order valence-electron chi connectivity index (χ4n) is 1.40. The summed E-state index contributed by atoms with van der Waals surface area (Å²) in [4.78, 5) is 10.1. The van der Waals surface area contributed by atoms with Crippen molar-refractivity contribution in [3.63, 3.8) is 0 Å². The normalized spacial score (nSPS) is 19.9. The number of rotatable bonds is 3. The Kier molecular flexibility index (Phi) is 3.13. The number of hydrogen-bond donors (Lipinski definition) is 0. The minimum absolute atomic E-state index is 0.210. The highest BCUT2D eigenvalue weighted by atomic mass is 16.3. The fraction of sp³-hybridized carbons (Fsp3) is 0.444. The SMILES string of the molecule is N#CC(=C=[N-])CC1CC=C(N=O)C1. The van der Waals surface area contributed by atoms with Crippen LogP contribution >= 0.6 is 0 Å². The van der Waals surface area contributed by atoms with Crippen molar-refractivity contribution in [2.24, 2.45) is 11.1 Å². The van der Waals surface area contributed by atoms with Gasteiger partial charge in [0.1, 0.15) is 6.07 Å². The molecule has 13 heavy (non-hydrogen) atoms. The van der Waals surface area contributed by atoms with E-state index in [9.17, 15) is 4.91 Å². The summed E-state index contributed by atoms with van der Waals surface area (Å²) in [5.41, 5.74) is 0.769. The summed E-state index contributed by atoms with van der Waals surface area (Å²) in [6, 6.07) is 1.84. The van der Waals surface area contributed by atoms with E-state index in [1.807, 2.05) is 11.9 Å². The lowest BCUT2D eigenvalue weighted by Gasteiger charge is -2.06. The van der Waals surface area contributed by atoms with Crippen molar-refractivity contribution in [2.75, 3.05) is 0 Å². The van der Waals surface area contributed by atoms with Crippen LogP contribution in [0.15, 0.2) is 22.5 Å². The number of allylic oxidation sites excluding steroid dienone is 3. The maximum atomic E-state index is 10.1. The van der Waals surface area contributed by atoms with Crippen molar-refractivity contribution in [1.29, 1.82) is 5.26 Å². The molecule has 1 aliphatic rings. The minimum atomic E-state index is 0.210. The average Bonchev–Trinajstić information content (AvgIpc) is 2.61. The van der Waals surface area contributed by atoms with Crippen molar-refractivity contribution in [3.8, 4) is 6.07 Å². The van der Waals surface area contributed by atoms with E-state index in [2.05, 4.69) is 5.18 Å². The second kappa shape index (κ2) is 4.34. The van der Waals surface area contributed by atoms with Crippen molar-refractivity contribution in [2.45, 2.75) is 19.3 Å². The average molecular weight is 174 g/mol. The van der Waals surface area contributed by atoms with Gasteiger partial charge >= 0.3 is 0 Å². The van der Waals surface area contributed by atoms with Crippen LogP contribution in [0.2, 0.25) is 0 Å². The molecule has 0 aliphatic heterocycles. The van der Waals surface area contributed by atoms with Gasteiger partial charge in [-0.25, -0.2) is 0 Å². The predicted octanol–water partition coefficient (Wildman–Crippen LogP) is 2.13. The Morgan fingerprint density at radius 1 is 1.85 bits per heavy atom. The molecule has 0 aromatic rings. The van der Waals surface area contributed by atoms with Crippen molar-refractivity contribution in [1.82, 2.24) is 0 Å². The Bertz CT molecular complexity index is 331. The highest BCUT2D eigenvalue weighted by Gasteiger charge is 2.18. The van der Waals surface area contributed by atoms with Crippen LogP contribution in [0.1, 0.15) is 19.3 Å². The van der Waals surface area contributed by atoms with Crippen LogP contribution in [-0.2, 0) is 0 Å². The highest BCUT2D eigenvalue weighted by Crippen LogP contribution is 2.29. The van der Waals surface area contributed by atoms with Crippen molar-refractivity contribution >= 4 is 5.87 Å². The van der Waals surface area contributed by atoms with Crippen LogP contribution in [-0.4, -0.2) is 5.87 Å². The third-order valence-electron chi connectivity index (χ3n) is 2.06. The molecule has 0 saturated heterocycles. The summed E-state index contributed by atoms with van der Waals surface area (Å²) in [6.07, 6.45) is 3.57. The van der Waals surface area contributed by atoms with Gasteiger partial charge in [0.15, 0.2) is 0 Å². The lowest BCUT2D eigenvalue weighted by Crippen LogP contribution is -1.96. The summed E-state index contributed by atoms with van der Waals surface area (Å²) in [5, 5.41) is 19.8. The maximum Gasteiger partial charge on any atom is 0.101 e. The van der Waals surface area contributed by atoms with E-state index in [0.29, 0.717) is 18.5 Å². The summed E-state index contributed by atoms with van der Waals surface area (Å²) in [5.74, 6) is 2.05. The van der Waals surface area contributed by atoms with E-state index in [0.717, 1.165) is 6.42 Å². The molecule has 0 fully saturated rings. The molecule has 0 heterocycles. The summed E-state index contributed by atoms with van der Waals surface area (Å²) < 4.78 is 0. The van der Waals surface area contributed by atoms with Gasteiger partial charge in [-0.1, -0.05) is 6.08 Å². The second-order valence-electron chi connectivity index (χ2n) is 3.00. The second-order valence-corrected chi connectivity index (χ2v) is 3.00. The Labute approximate surface area is 76.0 Å². The van der Waals surface area contributed by atoms with Crippen LogP contribution in [0.5, 0.6) is 0 Å². The first-order chi connectivity index (χ1) is 6.30. The molecule has 1 unspecified atom stereocenters. The van der Waals surface area contributed by atoms with Gasteiger partial charge in [0.05, 0.1) is 5.70 Å². The smallest absolute Gasteiger partial charge is 0.101 e. The number of nitriles is 1. The van der Waals surface area contributed by atoms with Gasteiger partial charge in [0, 0.05) is 5.57 Å². The molecule has 4 nitrogen and oxygen atoms in total. The first kappa shape index (κ1) is 9.37. The lowest BCUT2D eigenvalue weighted by molar-refractivity contribution is 0.564. The van der Waals surface area contributed by atoms with Gasteiger partial charge < -0.3 is 5.41 Å². The van der Waals surface area contributed by atoms with E-state index in [-0.39, 0.29) is 11.5 Å². The quantitative estimate of drug-likeness (QED) is 0.373. The molecular weight excluding hydrogens is 166 g/mol. The van der Waals surface area contributed by atoms with Gasteiger partial charge in [-0.3, -0.25) is 5.87 Å². The molecule has 0 spiro atoms. The zero-order valence-corrected chi connectivity index (χ0v) is 7.03. The molecule has 0 saturated carbocycles. The molecular formula is C9H8N3O-. The zero-order chi connectivity index (χ0) is 9.68. The maximum absolute atomic E-state index is 10.1. The largest absolute Gasteiger partial charge is 0.762 e. The molecule has 1 atom stereocenters. The van der Waals surface area contributed by atoms with E-state index >= 15 is 0 Å². The van der Waals surface area contributed by atoms with E-state index in [1.54, 1.807) is 6.08 Å². The Balaban J connectivity index is 2.49. The molecule has 0 N–H and O–H groups in total. The third kappa shape index (κ3) is 2.36. The number of nitrogens with zero attached hydrogens (tertiary/aromatic N) is 3. The Hall–Kier alpha value is -1.72. The van der Waals surface area contributed by atoms with E-state index in [4.69, 9.17) is 10.7 Å². The summed E-state index contributed by atoms with van der Waals surface area (Å²) in [6.45, 7) is 0. The lowest BCUT2D eigenvalue weighted by atomic mass is 9.98. The van der Waals surface area contributed by atoms with Gasteiger partial charge in [-0.2, -0.15) is 5.26 Å². The molecule has 66 valence electrons. The van der Waals surface area contributed by atoms with Gasteiger partial charge in [-0.15, -0.1) is 4.91 Å². The molecule has 0 aromatic heterocycles. The predicted molar refractivity (Wildman–Crippen MR) is 48.7 cm³/mol. The van der Waals surface area contributed by atoms with Crippen molar-refractivity contribution in [3.05, 3.63) is 27.7 Å². The number of hydrogen-bond acceptors (Lipinski definition) is 3. The third-order valence-corrected chi connectivity index (χ3v) is 2.06. The van der Waals surface area contributed by atoms with Crippen molar-refractivity contribution < 1.29 is 0 Å². The highest BCUT2D eigenvalue weighted by molar-refractivity contribution is 5.65. The summed E-state index contributed by atoms with van der Waals surface area (Å²) in [7, 11) is 0. The molecule has 0 aromatic carbocycles. The standard InChI is InChI=1S/C9H8N3O/c10-5-8(6-11)3-7-1-2-9(4-7)12-13/h2,7H,1,3-4H2/q-1. The topological polar surface area (TPSA) is 75.5 Å². The van der Waals surface area contributed by atoms with Crippen LogP contribution < -0.4 is 0 Å². The fourth-order valence-corrected chi connectivity index (χ4v) is 1.40. The first-order valence-corrected chi connectivity index (χ1v) is 3.98. The van der Waals surface area contributed by atoms with Gasteiger partial charge in [0.2, 0.25) is 0 Å². The molecule has 0 amide bonds. The van der Waals surface area contributed by atoms with E-state index < -0.39 is 0 Å². The van der Waals surface area contributed by atoms with Crippen LogP contribution in [0.25, 0.3) is 5.41 Å². The van der Waals surface area contributed by atoms with Crippen LogP contribution in [0.4, 0.5) is 0 Å². The van der Waals surface area contributed by atoms with Crippen LogP contribution in [0.3, 0.4) is 0 Å². The molecule has 1 aliphatic carbocycles. The first-order valence-electron chi connectivity index (χ1n) is 3.98. The number of nitroso groups, excluding NO2 is 1. The monoisotopic (exact) mass is 174 g/mol. The minimum Gasteiger partial charge on any atom is -0.762 e. The summed E-state index contributed by atoms with van der Waals surface area (Å²) >= 11 is 0.